The molecule has 1 saturated heterocycles. The molecule has 1 atom stereocenters. The van der Waals surface area contributed by atoms with Crippen molar-refractivity contribution < 1.29 is 17.9 Å². The number of unbranched alkanes of at least 4 members (excludes halogenated alkanes) is 1. The quantitative estimate of drug-likeness (QED) is 0.582. The number of rotatable bonds is 9. The predicted octanol–water partition coefficient (Wildman–Crippen LogP) is 2.68. The van der Waals surface area contributed by atoms with Crippen molar-refractivity contribution in [2.45, 2.75) is 39.3 Å². The van der Waals surface area contributed by atoms with E-state index in [4.69, 9.17) is 14.6 Å². The summed E-state index contributed by atoms with van der Waals surface area (Å²) >= 11 is 0. The average Bonchev–Trinajstić information content (AvgIpc) is 2.99. The van der Waals surface area contributed by atoms with Gasteiger partial charge in [-0.2, -0.15) is 9.40 Å². The van der Waals surface area contributed by atoms with E-state index in [0.717, 1.165) is 28.9 Å². The third kappa shape index (κ3) is 5.25. The topological polar surface area (TPSA) is 73.7 Å². The lowest BCUT2D eigenvalue weighted by atomic mass is 10.0. The first-order chi connectivity index (χ1) is 13.9. The van der Waals surface area contributed by atoms with Crippen molar-refractivity contribution in [1.82, 2.24) is 14.1 Å². The molecule has 3 rings (SSSR count). The zero-order valence-electron chi connectivity index (χ0n) is 17.5. The molecule has 1 unspecified atom stereocenters. The molecule has 1 aromatic heterocycles. The molecular formula is C21H31N3O4S. The number of sulfonamides is 1. The van der Waals surface area contributed by atoms with E-state index in [1.807, 2.05) is 36.7 Å². The first-order valence-corrected chi connectivity index (χ1v) is 11.7. The van der Waals surface area contributed by atoms with Crippen LogP contribution in [0.3, 0.4) is 0 Å². The first-order valence-electron chi connectivity index (χ1n) is 10.1. The minimum Gasteiger partial charge on any atom is -0.385 e. The van der Waals surface area contributed by atoms with Gasteiger partial charge in [0.25, 0.3) is 0 Å². The van der Waals surface area contributed by atoms with Crippen LogP contribution in [-0.2, 0) is 26.0 Å². The summed E-state index contributed by atoms with van der Waals surface area (Å²) in [6.07, 6.45) is 1.32. The molecule has 7 nitrogen and oxygen atoms in total. The van der Waals surface area contributed by atoms with Gasteiger partial charge in [-0.1, -0.05) is 30.3 Å². The first kappa shape index (κ1) is 22.0. The standard InChI is InChI=1S/C21H31N3O4S/c1-17-21(18(2)23(22-17)15-19-9-5-4-6-10-19)20-16-28-13-11-24(20)29(25,26)14-8-7-12-27-3/h4-6,9-10,20H,7-8,11-16H2,1-3H3. The van der Waals surface area contributed by atoms with Crippen molar-refractivity contribution in [2.24, 2.45) is 0 Å². The second kappa shape index (κ2) is 9.84. The highest BCUT2D eigenvalue weighted by Crippen LogP contribution is 2.32. The van der Waals surface area contributed by atoms with Gasteiger partial charge >= 0.3 is 0 Å². The van der Waals surface area contributed by atoms with Gasteiger partial charge in [-0.3, -0.25) is 4.68 Å². The Labute approximate surface area is 173 Å². The number of morpholine rings is 1. The van der Waals surface area contributed by atoms with E-state index in [0.29, 0.717) is 39.3 Å². The average molecular weight is 422 g/mol. The van der Waals surface area contributed by atoms with E-state index in [1.165, 1.54) is 0 Å². The van der Waals surface area contributed by atoms with Crippen molar-refractivity contribution in [3.05, 3.63) is 52.8 Å². The number of hydrogen-bond acceptors (Lipinski definition) is 5. The molecule has 0 amide bonds. The van der Waals surface area contributed by atoms with Crippen LogP contribution in [0, 0.1) is 13.8 Å². The summed E-state index contributed by atoms with van der Waals surface area (Å²) in [6, 6.07) is 9.81. The monoisotopic (exact) mass is 421 g/mol. The molecule has 29 heavy (non-hydrogen) atoms. The number of ether oxygens (including phenoxy) is 2. The Morgan fingerprint density at radius 3 is 2.69 bits per heavy atom. The van der Waals surface area contributed by atoms with Crippen molar-refractivity contribution in [3.8, 4) is 0 Å². The molecule has 1 aliphatic rings. The summed E-state index contributed by atoms with van der Waals surface area (Å²) in [5.74, 6) is 0.128. The fraction of sp³-hybridized carbons (Fsp3) is 0.571. The Balaban J connectivity index is 1.83. The molecule has 160 valence electrons. The SMILES string of the molecule is COCCCCS(=O)(=O)N1CCOCC1c1c(C)nn(Cc2ccccc2)c1C. The number of hydrogen-bond donors (Lipinski definition) is 0. The minimum atomic E-state index is -3.38. The molecule has 2 aromatic rings. The summed E-state index contributed by atoms with van der Waals surface area (Å²) in [6.45, 7) is 6.34. The highest BCUT2D eigenvalue weighted by Gasteiger charge is 2.36. The summed E-state index contributed by atoms with van der Waals surface area (Å²) < 4.78 is 40.4. The summed E-state index contributed by atoms with van der Waals surface area (Å²) in [7, 11) is -1.75. The van der Waals surface area contributed by atoms with Crippen molar-refractivity contribution in [2.75, 3.05) is 39.2 Å². The van der Waals surface area contributed by atoms with Crippen LogP contribution in [0.5, 0.6) is 0 Å². The Morgan fingerprint density at radius 2 is 1.97 bits per heavy atom. The maximum atomic E-state index is 13.1. The van der Waals surface area contributed by atoms with Crippen LogP contribution in [0.25, 0.3) is 0 Å². The van der Waals surface area contributed by atoms with Crippen LogP contribution in [0.2, 0.25) is 0 Å². The van der Waals surface area contributed by atoms with E-state index in [9.17, 15) is 8.42 Å². The van der Waals surface area contributed by atoms with Crippen molar-refractivity contribution in [1.29, 1.82) is 0 Å². The largest absolute Gasteiger partial charge is 0.385 e. The molecule has 1 aromatic carbocycles. The minimum absolute atomic E-state index is 0.128. The normalized spacial score (nSPS) is 18.2. The van der Waals surface area contributed by atoms with E-state index in [-0.39, 0.29) is 11.8 Å². The molecule has 0 spiro atoms. The Hall–Kier alpha value is -1.74. The third-order valence-corrected chi connectivity index (χ3v) is 7.34. The van der Waals surface area contributed by atoms with Crippen molar-refractivity contribution in [3.63, 3.8) is 0 Å². The predicted molar refractivity (Wildman–Crippen MR) is 112 cm³/mol. The Bertz CT molecular complexity index is 896. The smallest absolute Gasteiger partial charge is 0.214 e. The van der Waals surface area contributed by atoms with E-state index in [2.05, 4.69) is 12.1 Å². The lowest BCUT2D eigenvalue weighted by molar-refractivity contribution is 0.0316. The van der Waals surface area contributed by atoms with E-state index >= 15 is 0 Å². The number of aryl methyl sites for hydroxylation is 1. The highest BCUT2D eigenvalue weighted by atomic mass is 32.2. The number of aromatic nitrogens is 2. The second-order valence-corrected chi connectivity index (χ2v) is 9.49. The van der Waals surface area contributed by atoms with E-state index in [1.54, 1.807) is 11.4 Å². The van der Waals surface area contributed by atoms with E-state index < -0.39 is 10.0 Å². The van der Waals surface area contributed by atoms with Gasteiger partial charge in [0, 0.05) is 31.5 Å². The fourth-order valence-electron chi connectivity index (χ4n) is 3.90. The Morgan fingerprint density at radius 1 is 1.21 bits per heavy atom. The molecule has 1 aliphatic heterocycles. The Kier molecular flexibility index (Phi) is 7.45. The van der Waals surface area contributed by atoms with Crippen LogP contribution < -0.4 is 0 Å². The van der Waals surface area contributed by atoms with Crippen molar-refractivity contribution >= 4 is 10.0 Å². The van der Waals surface area contributed by atoms with Gasteiger partial charge < -0.3 is 9.47 Å². The van der Waals surface area contributed by atoms with Crippen LogP contribution in [0.15, 0.2) is 30.3 Å². The van der Waals surface area contributed by atoms with Crippen LogP contribution in [-0.4, -0.2) is 61.7 Å². The lowest BCUT2D eigenvalue weighted by Gasteiger charge is -2.35. The van der Waals surface area contributed by atoms with Gasteiger partial charge in [0.15, 0.2) is 0 Å². The van der Waals surface area contributed by atoms with Gasteiger partial charge in [-0.05, 0) is 32.3 Å². The van der Waals surface area contributed by atoms with Gasteiger partial charge in [0.2, 0.25) is 10.0 Å². The number of nitrogens with zero attached hydrogens (tertiary/aromatic N) is 3. The van der Waals surface area contributed by atoms with Gasteiger partial charge in [-0.25, -0.2) is 8.42 Å². The lowest BCUT2D eigenvalue weighted by Crippen LogP contribution is -2.44. The van der Waals surface area contributed by atoms with Crippen LogP contribution in [0.1, 0.15) is 41.4 Å². The van der Waals surface area contributed by atoms with Crippen LogP contribution >= 0.6 is 0 Å². The second-order valence-electron chi connectivity index (χ2n) is 7.45. The van der Waals surface area contributed by atoms with Gasteiger partial charge in [0.05, 0.1) is 37.2 Å². The number of benzene rings is 1. The molecule has 0 saturated carbocycles. The molecule has 0 bridgehead atoms. The molecular weight excluding hydrogens is 390 g/mol. The summed E-state index contributed by atoms with van der Waals surface area (Å²) in [5, 5.41) is 4.71. The zero-order valence-corrected chi connectivity index (χ0v) is 18.3. The molecule has 0 N–H and O–H groups in total. The highest BCUT2D eigenvalue weighted by molar-refractivity contribution is 7.89. The maximum absolute atomic E-state index is 13.1. The third-order valence-electron chi connectivity index (χ3n) is 5.38. The zero-order chi connectivity index (χ0) is 20.9. The molecule has 1 fully saturated rings. The maximum Gasteiger partial charge on any atom is 0.214 e. The van der Waals surface area contributed by atoms with Gasteiger partial charge in [0.1, 0.15) is 0 Å². The molecule has 0 radical (unpaired) electrons. The molecule has 0 aliphatic carbocycles. The van der Waals surface area contributed by atoms with Gasteiger partial charge in [-0.15, -0.1) is 0 Å². The molecule has 8 heteroatoms. The fourth-order valence-corrected chi connectivity index (χ4v) is 5.61. The van der Waals surface area contributed by atoms with Crippen LogP contribution in [0.4, 0.5) is 0 Å². The molecule has 2 heterocycles. The summed E-state index contributed by atoms with van der Waals surface area (Å²) in [4.78, 5) is 0. The summed E-state index contributed by atoms with van der Waals surface area (Å²) in [5.41, 5.74) is 3.96. The number of methoxy groups -OCH3 is 1.